The van der Waals surface area contributed by atoms with Crippen molar-refractivity contribution in [1.82, 2.24) is 5.32 Å². The molecule has 8 heteroatoms. The van der Waals surface area contributed by atoms with Gasteiger partial charge in [-0.3, -0.25) is 9.10 Å². The maximum Gasteiger partial charge on any atom is 0.251 e. The molecule has 0 aromatic heterocycles. The Morgan fingerprint density at radius 2 is 1.81 bits per heavy atom. The van der Waals surface area contributed by atoms with E-state index in [1.807, 2.05) is 18.2 Å². The molecule has 7 nitrogen and oxygen atoms in total. The maximum atomic E-state index is 12.4. The van der Waals surface area contributed by atoms with Crippen LogP contribution in [0.1, 0.15) is 28.8 Å². The molecule has 2 aliphatic heterocycles. The molecule has 1 N–H and O–H groups in total. The van der Waals surface area contributed by atoms with Crippen LogP contribution in [0.3, 0.4) is 0 Å². The van der Waals surface area contributed by atoms with E-state index >= 15 is 0 Å². The van der Waals surface area contributed by atoms with Gasteiger partial charge in [-0.1, -0.05) is 6.07 Å². The van der Waals surface area contributed by atoms with Gasteiger partial charge in [0.05, 0.1) is 11.4 Å². The number of amides is 1. The Morgan fingerprint density at radius 1 is 1.04 bits per heavy atom. The minimum atomic E-state index is -3.25. The second kappa shape index (κ2) is 7.11. The van der Waals surface area contributed by atoms with Crippen LogP contribution < -0.4 is 19.1 Å². The molecule has 2 aromatic rings. The number of ether oxygens (including phenoxy) is 2. The minimum Gasteiger partial charge on any atom is -0.454 e. The predicted octanol–water partition coefficient (Wildman–Crippen LogP) is 2.28. The molecule has 0 aliphatic carbocycles. The first kappa shape index (κ1) is 17.7. The number of anilines is 1. The monoisotopic (exact) mass is 388 g/mol. The Morgan fingerprint density at radius 3 is 2.59 bits per heavy atom. The highest BCUT2D eigenvalue weighted by atomic mass is 32.2. The average Bonchev–Trinajstić information content (AvgIpc) is 3.14. The molecule has 1 fully saturated rings. The number of rotatable bonds is 4. The molecule has 2 heterocycles. The van der Waals surface area contributed by atoms with E-state index in [0.29, 0.717) is 42.3 Å². The quantitative estimate of drug-likeness (QED) is 0.869. The summed E-state index contributed by atoms with van der Waals surface area (Å²) in [4.78, 5) is 12.4. The van der Waals surface area contributed by atoms with Crippen molar-refractivity contribution < 1.29 is 22.7 Å². The Balaban J connectivity index is 1.40. The third-order valence-corrected chi connectivity index (χ3v) is 6.53. The van der Waals surface area contributed by atoms with Crippen molar-refractivity contribution in [2.75, 3.05) is 23.4 Å². The number of hydrogen-bond acceptors (Lipinski definition) is 5. The van der Waals surface area contributed by atoms with Gasteiger partial charge >= 0.3 is 0 Å². The average molecular weight is 388 g/mol. The van der Waals surface area contributed by atoms with E-state index in [0.717, 1.165) is 12.0 Å². The van der Waals surface area contributed by atoms with Crippen LogP contribution in [-0.4, -0.2) is 33.4 Å². The molecule has 0 bridgehead atoms. The van der Waals surface area contributed by atoms with Crippen LogP contribution in [0.2, 0.25) is 0 Å². The number of benzene rings is 2. The van der Waals surface area contributed by atoms with Gasteiger partial charge in [0, 0.05) is 18.7 Å². The van der Waals surface area contributed by atoms with Crippen LogP contribution in [0.5, 0.6) is 11.5 Å². The highest BCUT2D eigenvalue weighted by Crippen LogP contribution is 2.32. The molecular formula is C19H20N2O5S. The lowest BCUT2D eigenvalue weighted by Gasteiger charge is -2.28. The molecule has 0 saturated carbocycles. The summed E-state index contributed by atoms with van der Waals surface area (Å²) < 4.78 is 36.4. The summed E-state index contributed by atoms with van der Waals surface area (Å²) in [5, 5.41) is 2.85. The number of sulfonamides is 1. The molecule has 27 heavy (non-hydrogen) atoms. The first-order valence-corrected chi connectivity index (χ1v) is 10.4. The highest BCUT2D eigenvalue weighted by Gasteiger charge is 2.26. The fourth-order valence-corrected chi connectivity index (χ4v) is 4.83. The Kier molecular flexibility index (Phi) is 4.65. The maximum absolute atomic E-state index is 12.4. The Hall–Kier alpha value is -2.74. The van der Waals surface area contributed by atoms with Gasteiger partial charge in [0.2, 0.25) is 16.8 Å². The lowest BCUT2D eigenvalue weighted by molar-refractivity contribution is 0.0951. The van der Waals surface area contributed by atoms with E-state index in [1.165, 1.54) is 4.31 Å². The predicted molar refractivity (Wildman–Crippen MR) is 101 cm³/mol. The summed E-state index contributed by atoms with van der Waals surface area (Å²) >= 11 is 0. The van der Waals surface area contributed by atoms with Gasteiger partial charge < -0.3 is 14.8 Å². The van der Waals surface area contributed by atoms with E-state index < -0.39 is 10.0 Å². The molecule has 4 rings (SSSR count). The van der Waals surface area contributed by atoms with Crippen LogP contribution in [0.4, 0.5) is 5.69 Å². The van der Waals surface area contributed by atoms with Gasteiger partial charge in [0.1, 0.15) is 0 Å². The zero-order chi connectivity index (χ0) is 18.9. The van der Waals surface area contributed by atoms with Crippen LogP contribution in [0, 0.1) is 0 Å². The fourth-order valence-electron chi connectivity index (χ4n) is 3.19. The molecule has 142 valence electrons. The standard InChI is InChI=1S/C19H20N2O5S/c22-19(20-12-14-3-8-17-18(11-14)26-13-25-17)15-4-6-16(7-5-15)21-9-1-2-10-27(21,23)24/h3-8,11H,1-2,9-10,12-13H2,(H,20,22). The molecule has 0 spiro atoms. The molecule has 1 amide bonds. The number of hydrogen-bond donors (Lipinski definition) is 1. The smallest absolute Gasteiger partial charge is 0.251 e. The van der Waals surface area contributed by atoms with E-state index in [4.69, 9.17) is 9.47 Å². The Bertz CT molecular complexity index is 957. The molecule has 1 saturated heterocycles. The first-order valence-electron chi connectivity index (χ1n) is 8.80. The lowest BCUT2D eigenvalue weighted by atomic mass is 10.1. The van der Waals surface area contributed by atoms with Gasteiger partial charge in [0.25, 0.3) is 5.91 Å². The van der Waals surface area contributed by atoms with Crippen LogP contribution >= 0.6 is 0 Å². The zero-order valence-corrected chi connectivity index (χ0v) is 15.5. The van der Waals surface area contributed by atoms with E-state index in [9.17, 15) is 13.2 Å². The number of nitrogens with one attached hydrogen (secondary N) is 1. The topological polar surface area (TPSA) is 84.9 Å². The highest BCUT2D eigenvalue weighted by molar-refractivity contribution is 7.92. The number of fused-ring (bicyclic) bond motifs is 1. The SMILES string of the molecule is O=C(NCc1ccc2c(c1)OCO2)c1ccc(N2CCCCS2(=O)=O)cc1. The largest absolute Gasteiger partial charge is 0.454 e. The molecule has 0 radical (unpaired) electrons. The fraction of sp³-hybridized carbons (Fsp3) is 0.316. The lowest BCUT2D eigenvalue weighted by Crippen LogP contribution is -2.37. The summed E-state index contributed by atoms with van der Waals surface area (Å²) in [7, 11) is -3.25. The van der Waals surface area contributed by atoms with Crippen molar-refractivity contribution in [1.29, 1.82) is 0 Å². The second-order valence-electron chi connectivity index (χ2n) is 6.51. The van der Waals surface area contributed by atoms with Gasteiger partial charge in [-0.15, -0.1) is 0 Å². The molecule has 0 unspecified atom stereocenters. The summed E-state index contributed by atoms with van der Waals surface area (Å²) in [6, 6.07) is 12.2. The second-order valence-corrected chi connectivity index (χ2v) is 8.53. The normalized spacial score (nSPS) is 17.6. The van der Waals surface area contributed by atoms with Crippen molar-refractivity contribution in [3.05, 3.63) is 53.6 Å². The number of carbonyl (C=O) groups is 1. The molecule has 0 atom stereocenters. The third kappa shape index (κ3) is 3.71. The van der Waals surface area contributed by atoms with Gasteiger partial charge in [-0.2, -0.15) is 0 Å². The summed E-state index contributed by atoms with van der Waals surface area (Å²) in [6.07, 6.45) is 1.54. The first-order chi connectivity index (χ1) is 13.0. The summed E-state index contributed by atoms with van der Waals surface area (Å²) in [5.41, 5.74) is 1.99. The van der Waals surface area contributed by atoms with Crippen molar-refractivity contribution >= 4 is 21.6 Å². The van der Waals surface area contributed by atoms with Crippen molar-refractivity contribution in [2.45, 2.75) is 19.4 Å². The van der Waals surface area contributed by atoms with Crippen molar-refractivity contribution in [3.63, 3.8) is 0 Å². The van der Waals surface area contributed by atoms with E-state index in [1.54, 1.807) is 24.3 Å². The molecular weight excluding hydrogens is 368 g/mol. The van der Waals surface area contributed by atoms with Crippen molar-refractivity contribution in [2.24, 2.45) is 0 Å². The van der Waals surface area contributed by atoms with Gasteiger partial charge in [-0.25, -0.2) is 8.42 Å². The van der Waals surface area contributed by atoms with E-state index in [-0.39, 0.29) is 18.5 Å². The third-order valence-electron chi connectivity index (χ3n) is 4.66. The van der Waals surface area contributed by atoms with Crippen LogP contribution in [-0.2, 0) is 16.6 Å². The molecule has 2 aromatic carbocycles. The van der Waals surface area contributed by atoms with Gasteiger partial charge in [-0.05, 0) is 54.8 Å². The van der Waals surface area contributed by atoms with Crippen LogP contribution in [0.25, 0.3) is 0 Å². The summed E-state index contributed by atoms with van der Waals surface area (Å²) in [5.74, 6) is 1.33. The van der Waals surface area contributed by atoms with Crippen molar-refractivity contribution in [3.8, 4) is 11.5 Å². The van der Waals surface area contributed by atoms with Gasteiger partial charge in [0.15, 0.2) is 11.5 Å². The van der Waals surface area contributed by atoms with E-state index in [2.05, 4.69) is 5.32 Å². The zero-order valence-electron chi connectivity index (χ0n) is 14.7. The molecule has 2 aliphatic rings. The van der Waals surface area contributed by atoms with Crippen LogP contribution in [0.15, 0.2) is 42.5 Å². The minimum absolute atomic E-state index is 0.171. The Labute approximate surface area is 157 Å². The number of carbonyl (C=O) groups excluding carboxylic acids is 1. The number of nitrogens with zero attached hydrogens (tertiary/aromatic N) is 1. The summed E-state index contributed by atoms with van der Waals surface area (Å²) in [6.45, 7) is 1.06.